The number of rotatable bonds is 70. The first-order valence-electron chi connectivity index (χ1n) is 37.0. The molecule has 0 amide bonds. The quantitative estimate of drug-likeness (QED) is 0.0222. The van der Waals surface area contributed by atoms with Gasteiger partial charge in [0, 0.05) is 25.7 Å². The molecule has 0 fully saturated rings. The van der Waals surface area contributed by atoms with Crippen LogP contribution in [-0.4, -0.2) is 96.7 Å². The third-order valence-corrected chi connectivity index (χ3v) is 18.7. The molecule has 3 unspecified atom stereocenters. The van der Waals surface area contributed by atoms with Gasteiger partial charge in [0.25, 0.3) is 0 Å². The summed E-state index contributed by atoms with van der Waals surface area (Å²) in [4.78, 5) is 72.6. The van der Waals surface area contributed by atoms with E-state index in [1.165, 1.54) is 180 Å². The summed E-state index contributed by atoms with van der Waals surface area (Å²) in [6.07, 6.45) is 48.4. The molecule has 0 aromatic carbocycles. The van der Waals surface area contributed by atoms with E-state index in [9.17, 15) is 43.2 Å². The van der Waals surface area contributed by atoms with Crippen LogP contribution in [0.25, 0.3) is 0 Å². The maximum atomic E-state index is 13.0. The van der Waals surface area contributed by atoms with Crippen LogP contribution in [0.2, 0.25) is 0 Å². The zero-order valence-electron chi connectivity index (χ0n) is 58.4. The van der Waals surface area contributed by atoms with Gasteiger partial charge in [0.2, 0.25) is 0 Å². The molecule has 0 heterocycles. The smallest absolute Gasteiger partial charge is 0.462 e. The first-order chi connectivity index (χ1) is 43.4. The van der Waals surface area contributed by atoms with Crippen LogP contribution in [0.4, 0.5) is 0 Å². The number of carbonyl (C=O) groups is 4. The number of aliphatic hydroxyl groups excluding tert-OH is 1. The lowest BCUT2D eigenvalue weighted by atomic mass is 9.99. The molecule has 0 aliphatic carbocycles. The van der Waals surface area contributed by atoms with Crippen LogP contribution in [-0.2, 0) is 65.4 Å². The van der Waals surface area contributed by atoms with E-state index >= 15 is 0 Å². The van der Waals surface area contributed by atoms with Crippen molar-refractivity contribution in [2.75, 3.05) is 39.6 Å². The van der Waals surface area contributed by atoms with Crippen molar-refractivity contribution in [3.05, 3.63) is 0 Å². The van der Waals surface area contributed by atoms with Crippen LogP contribution in [0.3, 0.4) is 0 Å². The summed E-state index contributed by atoms with van der Waals surface area (Å²) in [7, 11) is -9.90. The molecule has 0 saturated heterocycles. The number of hydrogen-bond acceptors (Lipinski definition) is 15. The van der Waals surface area contributed by atoms with Crippen molar-refractivity contribution in [3.8, 4) is 0 Å². The molecule has 0 aromatic rings. The lowest BCUT2D eigenvalue weighted by molar-refractivity contribution is -0.161. The van der Waals surface area contributed by atoms with Crippen LogP contribution in [0.15, 0.2) is 0 Å². The molecule has 6 atom stereocenters. The van der Waals surface area contributed by atoms with Crippen molar-refractivity contribution in [2.45, 2.75) is 381 Å². The summed E-state index contributed by atoms with van der Waals surface area (Å²) in [5.41, 5.74) is 0. The highest BCUT2D eigenvalue weighted by Crippen LogP contribution is 2.45. The number of phosphoric acid groups is 2. The van der Waals surface area contributed by atoms with Gasteiger partial charge in [0.15, 0.2) is 12.2 Å². The molecule has 0 spiro atoms. The van der Waals surface area contributed by atoms with E-state index < -0.39 is 97.5 Å². The maximum absolute atomic E-state index is 13.0. The second-order valence-electron chi connectivity index (χ2n) is 26.3. The Morgan fingerprint density at radius 3 is 0.844 bits per heavy atom. The molecular formula is C71H138O17P2. The number of hydrogen-bond donors (Lipinski definition) is 3. The fourth-order valence-electron chi connectivity index (χ4n) is 10.7. The van der Waals surface area contributed by atoms with E-state index in [4.69, 9.17) is 37.0 Å². The van der Waals surface area contributed by atoms with Crippen molar-refractivity contribution in [2.24, 2.45) is 11.8 Å². The molecule has 534 valence electrons. The molecule has 0 aliphatic rings. The summed E-state index contributed by atoms with van der Waals surface area (Å²) in [6, 6.07) is 0. The average Bonchev–Trinajstić information content (AvgIpc) is 3.70. The molecule has 0 radical (unpaired) electrons. The highest BCUT2D eigenvalue weighted by atomic mass is 31.2. The van der Waals surface area contributed by atoms with Gasteiger partial charge in [0.1, 0.15) is 19.3 Å². The number of aliphatic hydroxyl groups is 1. The van der Waals surface area contributed by atoms with Gasteiger partial charge in [-0.05, 0) is 37.5 Å². The van der Waals surface area contributed by atoms with Gasteiger partial charge in [-0.2, -0.15) is 0 Å². The minimum Gasteiger partial charge on any atom is -0.462 e. The first-order valence-corrected chi connectivity index (χ1v) is 40.0. The molecule has 17 nitrogen and oxygen atoms in total. The van der Waals surface area contributed by atoms with Crippen molar-refractivity contribution < 1.29 is 80.2 Å². The van der Waals surface area contributed by atoms with E-state index in [-0.39, 0.29) is 25.7 Å². The predicted molar refractivity (Wildman–Crippen MR) is 363 cm³/mol. The maximum Gasteiger partial charge on any atom is 0.472 e. The lowest BCUT2D eigenvalue weighted by Crippen LogP contribution is -2.30. The zero-order chi connectivity index (χ0) is 66.5. The highest BCUT2D eigenvalue weighted by molar-refractivity contribution is 7.47. The van der Waals surface area contributed by atoms with Crippen molar-refractivity contribution in [3.63, 3.8) is 0 Å². The van der Waals surface area contributed by atoms with Gasteiger partial charge in [0.05, 0.1) is 26.4 Å². The van der Waals surface area contributed by atoms with Crippen molar-refractivity contribution >= 4 is 39.5 Å². The second kappa shape index (κ2) is 63.1. The number of esters is 4. The Balaban J connectivity index is 5.25. The van der Waals surface area contributed by atoms with Gasteiger partial charge in [-0.15, -0.1) is 0 Å². The molecule has 0 saturated carbocycles. The fraction of sp³-hybridized carbons (Fsp3) is 0.944. The molecule has 0 aromatic heterocycles. The SMILES string of the molecule is CCCCCCCCCCCCCCCCC(=O)OC[C@H](COP(=O)(O)OC[C@@H](O)COP(=O)(O)OC[C@@H](COC(=O)CCCCCCCCCCC)OC(=O)CCCCCCCCCCCCC(C)C)OC(=O)CCCCCCCCCCCCC(C)CC. The summed E-state index contributed by atoms with van der Waals surface area (Å²) in [6.45, 7) is 9.56. The van der Waals surface area contributed by atoms with Crippen LogP contribution in [0, 0.1) is 11.8 Å². The molecule has 0 bridgehead atoms. The van der Waals surface area contributed by atoms with E-state index in [2.05, 4.69) is 41.5 Å². The fourth-order valence-corrected chi connectivity index (χ4v) is 12.3. The molecular weight excluding hydrogens is 1190 g/mol. The predicted octanol–water partition coefficient (Wildman–Crippen LogP) is 20.4. The van der Waals surface area contributed by atoms with Gasteiger partial charge in [-0.3, -0.25) is 37.3 Å². The number of phosphoric ester groups is 2. The summed E-state index contributed by atoms with van der Waals surface area (Å²) in [5.74, 6) is -0.567. The molecule has 0 aliphatic heterocycles. The van der Waals surface area contributed by atoms with Crippen LogP contribution in [0.1, 0.15) is 363 Å². The van der Waals surface area contributed by atoms with Crippen LogP contribution >= 0.6 is 15.6 Å². The van der Waals surface area contributed by atoms with Gasteiger partial charge in [-0.25, -0.2) is 9.13 Å². The van der Waals surface area contributed by atoms with Crippen LogP contribution < -0.4 is 0 Å². The van der Waals surface area contributed by atoms with Crippen molar-refractivity contribution in [1.82, 2.24) is 0 Å². The number of carbonyl (C=O) groups excluding carboxylic acids is 4. The van der Waals surface area contributed by atoms with Crippen LogP contribution in [0.5, 0.6) is 0 Å². The average molecular weight is 1330 g/mol. The van der Waals surface area contributed by atoms with E-state index in [1.54, 1.807) is 0 Å². The Morgan fingerprint density at radius 2 is 0.567 bits per heavy atom. The zero-order valence-corrected chi connectivity index (χ0v) is 60.2. The standard InChI is InChI=1S/C71H138O17P2/c1-7-10-12-14-16-18-19-20-21-22-30-36-42-48-54-69(74)82-60-67(88-71(76)56-50-44-38-32-26-24-29-34-40-46-52-64(6)9-3)62-86-90(79,80)84-58-65(72)57-83-89(77,78)85-61-66(59-81-68(73)53-47-41-35-27-17-15-13-11-8-2)87-70(75)55-49-43-37-31-25-23-28-33-39-45-51-63(4)5/h63-67,72H,7-62H2,1-6H3,(H,77,78)(H,79,80)/t64?,65-,66+,67+/m0/s1. The molecule has 3 N–H and O–H groups in total. The van der Waals surface area contributed by atoms with Gasteiger partial charge in [-0.1, -0.05) is 311 Å². The second-order valence-corrected chi connectivity index (χ2v) is 29.3. The van der Waals surface area contributed by atoms with Crippen molar-refractivity contribution in [1.29, 1.82) is 0 Å². The summed E-state index contributed by atoms with van der Waals surface area (Å²) < 4.78 is 68.3. The van der Waals surface area contributed by atoms with Gasteiger partial charge >= 0.3 is 39.5 Å². The normalized spacial score (nSPS) is 14.4. The Hall–Kier alpha value is -1.94. The van der Waals surface area contributed by atoms with E-state index in [0.29, 0.717) is 25.7 Å². The third kappa shape index (κ3) is 63.5. The van der Waals surface area contributed by atoms with E-state index in [0.717, 1.165) is 102 Å². The molecule has 90 heavy (non-hydrogen) atoms. The molecule has 0 rings (SSSR count). The summed E-state index contributed by atoms with van der Waals surface area (Å²) >= 11 is 0. The lowest BCUT2D eigenvalue weighted by Gasteiger charge is -2.21. The summed E-state index contributed by atoms with van der Waals surface area (Å²) in [5, 5.41) is 10.6. The highest BCUT2D eigenvalue weighted by Gasteiger charge is 2.30. The first kappa shape index (κ1) is 88.1. The topological polar surface area (TPSA) is 237 Å². The number of unbranched alkanes of at least 4 members (excludes halogenated alkanes) is 39. The van der Waals surface area contributed by atoms with Gasteiger partial charge < -0.3 is 33.8 Å². The molecule has 19 heteroatoms. The minimum absolute atomic E-state index is 0.106. The Bertz CT molecular complexity index is 1750. The number of ether oxygens (including phenoxy) is 4. The Kier molecular flexibility index (Phi) is 61.8. The largest absolute Gasteiger partial charge is 0.472 e. The third-order valence-electron chi connectivity index (χ3n) is 16.8. The monoisotopic (exact) mass is 1320 g/mol. The Morgan fingerprint density at radius 1 is 0.322 bits per heavy atom. The van der Waals surface area contributed by atoms with E-state index in [1.807, 2.05) is 0 Å². The Labute approximate surface area is 549 Å². The minimum atomic E-state index is -4.95.